The predicted molar refractivity (Wildman–Crippen MR) is 221 cm³/mol. The molecule has 0 spiro atoms. The Kier molecular flexibility index (Phi) is 9.82. The van der Waals surface area contributed by atoms with Gasteiger partial charge in [0, 0.05) is 21.4 Å². The Morgan fingerprint density at radius 1 is 0.852 bits per heavy atom. The molecular weight excluding hydrogens is 756 g/mol. The smallest absolute Gasteiger partial charge is 0.271 e. The molecule has 0 fully saturated rings. The first-order chi connectivity index (χ1) is 26.4. The van der Waals surface area contributed by atoms with E-state index in [1.54, 1.807) is 4.57 Å². The van der Waals surface area contributed by atoms with E-state index in [4.69, 9.17) is 9.73 Å². The van der Waals surface area contributed by atoms with Gasteiger partial charge in [-0.15, -0.1) is 0 Å². The summed E-state index contributed by atoms with van der Waals surface area (Å²) in [5.74, 6) is 0.392. The van der Waals surface area contributed by atoms with Gasteiger partial charge in [0.2, 0.25) is 0 Å². The highest BCUT2D eigenvalue weighted by molar-refractivity contribution is 9.10. The van der Waals surface area contributed by atoms with Crippen LogP contribution in [-0.4, -0.2) is 21.6 Å². The number of amides is 1. The first kappa shape index (κ1) is 35.0. The van der Waals surface area contributed by atoms with Crippen LogP contribution in [0.25, 0.3) is 34.3 Å². The Morgan fingerprint density at radius 2 is 1.48 bits per heavy atom. The molecule has 1 atom stereocenters. The Balaban J connectivity index is 1.35. The molecule has 0 radical (unpaired) electrons. The van der Waals surface area contributed by atoms with Gasteiger partial charge < -0.3 is 14.6 Å². The summed E-state index contributed by atoms with van der Waals surface area (Å²) in [7, 11) is 0. The van der Waals surface area contributed by atoms with E-state index in [0.717, 1.165) is 43.8 Å². The van der Waals surface area contributed by atoms with Crippen LogP contribution in [0, 0.1) is 0 Å². The highest BCUT2D eigenvalue weighted by Crippen LogP contribution is 2.37. The number of fused-ring (bicyclic) bond motifs is 1. The van der Waals surface area contributed by atoms with Gasteiger partial charge in [-0.25, -0.2) is 4.99 Å². The number of carbonyl (C=O) groups is 1. The van der Waals surface area contributed by atoms with Crippen molar-refractivity contribution in [2.24, 2.45) is 4.99 Å². The summed E-state index contributed by atoms with van der Waals surface area (Å²) in [6.45, 7) is 4.29. The van der Waals surface area contributed by atoms with Gasteiger partial charge in [-0.2, -0.15) is 0 Å². The van der Waals surface area contributed by atoms with E-state index in [1.165, 1.54) is 11.3 Å². The van der Waals surface area contributed by atoms with Crippen LogP contribution in [0.4, 0.5) is 5.69 Å². The molecule has 1 aliphatic heterocycles. The summed E-state index contributed by atoms with van der Waals surface area (Å²) in [5.41, 5.74) is 7.99. The molecule has 0 saturated heterocycles. The molecule has 3 heterocycles. The lowest BCUT2D eigenvalue weighted by Gasteiger charge is -2.25. The number of benzene rings is 5. The molecule has 1 amide bonds. The van der Waals surface area contributed by atoms with Gasteiger partial charge in [0.05, 0.1) is 39.8 Å². The summed E-state index contributed by atoms with van der Waals surface area (Å²) in [5, 5.41) is 3.03. The largest absolute Gasteiger partial charge is 0.494 e. The van der Waals surface area contributed by atoms with Crippen LogP contribution in [0.2, 0.25) is 0 Å². The van der Waals surface area contributed by atoms with Crippen LogP contribution < -0.4 is 24.9 Å². The number of nitrogens with zero attached hydrogens (tertiary/aromatic N) is 3. The van der Waals surface area contributed by atoms with Gasteiger partial charge in [-0.05, 0) is 91.2 Å². The monoisotopic (exact) mass is 790 g/mol. The third kappa shape index (κ3) is 6.79. The number of rotatable bonds is 9. The van der Waals surface area contributed by atoms with Crippen LogP contribution in [0.5, 0.6) is 5.75 Å². The maximum absolute atomic E-state index is 14.8. The Bertz CT molecular complexity index is 2680. The SMILES string of the molecule is CCOc1ccc([C@@H]2C(C(=O)Nc3ccccc3)=C(C)N=c3s/c(=C\c4cc(-c5ccccc5)n(-c5ccc(Br)cc5)c4-c4ccccc4)c(=O)n32)cc1. The van der Waals surface area contributed by atoms with Crippen molar-refractivity contribution in [1.82, 2.24) is 9.13 Å². The molecule has 0 unspecified atom stereocenters. The summed E-state index contributed by atoms with van der Waals surface area (Å²) in [6, 6.07) is 47.0. The van der Waals surface area contributed by atoms with Crippen molar-refractivity contribution in [3.8, 4) is 34.0 Å². The summed E-state index contributed by atoms with van der Waals surface area (Å²) < 4.78 is 11.1. The number of thiazole rings is 1. The molecule has 7 nitrogen and oxygen atoms in total. The molecule has 54 heavy (non-hydrogen) atoms. The summed E-state index contributed by atoms with van der Waals surface area (Å²) in [4.78, 5) is 34.3. The fourth-order valence-corrected chi connectivity index (χ4v) is 8.21. The fourth-order valence-electron chi connectivity index (χ4n) is 6.91. The second-order valence-electron chi connectivity index (χ2n) is 12.8. The van der Waals surface area contributed by atoms with E-state index in [2.05, 4.69) is 68.3 Å². The van der Waals surface area contributed by atoms with Crippen LogP contribution in [0.15, 0.2) is 171 Å². The average Bonchev–Trinajstić information content (AvgIpc) is 3.72. The van der Waals surface area contributed by atoms with Crippen LogP contribution >= 0.6 is 27.3 Å². The topological polar surface area (TPSA) is 77.6 Å². The third-order valence-corrected chi connectivity index (χ3v) is 10.8. The minimum atomic E-state index is -0.719. The van der Waals surface area contributed by atoms with Crippen molar-refractivity contribution in [2.75, 3.05) is 11.9 Å². The standard InChI is InChI=1S/C45H35BrN4O3S/c1-3-53-37-25-19-32(20-26-37)42-40(43(51)48-35-17-11-6-12-18-35)29(2)47-45-50(42)44(52)39(54-45)28-33-27-38(30-13-7-4-8-14-30)49(36-23-21-34(46)22-24-36)41(33)31-15-9-5-10-16-31/h4-28,42H,3H2,1-2H3,(H,48,51)/b39-28-/t42-/m1/s1. The quantitative estimate of drug-likeness (QED) is 0.159. The highest BCUT2D eigenvalue weighted by atomic mass is 79.9. The molecule has 0 saturated carbocycles. The van der Waals surface area contributed by atoms with E-state index in [9.17, 15) is 9.59 Å². The Hall–Kier alpha value is -6.03. The van der Waals surface area contributed by atoms with Gasteiger partial charge in [-0.1, -0.05) is 118 Å². The van der Waals surface area contributed by atoms with Crippen molar-refractivity contribution < 1.29 is 9.53 Å². The first-order valence-corrected chi connectivity index (χ1v) is 19.2. The number of hydrogen-bond acceptors (Lipinski definition) is 5. The van der Waals surface area contributed by atoms with Crippen molar-refractivity contribution >= 4 is 44.9 Å². The minimum absolute atomic E-state index is 0.230. The molecule has 9 heteroatoms. The first-order valence-electron chi connectivity index (χ1n) is 17.6. The van der Waals surface area contributed by atoms with Gasteiger partial charge in [0.25, 0.3) is 11.5 Å². The summed E-state index contributed by atoms with van der Waals surface area (Å²) in [6.07, 6.45) is 1.96. The number of nitrogens with one attached hydrogen (secondary N) is 1. The van der Waals surface area contributed by atoms with Crippen molar-refractivity contribution in [2.45, 2.75) is 19.9 Å². The molecule has 0 bridgehead atoms. The highest BCUT2D eigenvalue weighted by Gasteiger charge is 2.33. The zero-order chi connectivity index (χ0) is 37.2. The van der Waals surface area contributed by atoms with Crippen molar-refractivity contribution in [3.63, 3.8) is 0 Å². The lowest BCUT2D eigenvalue weighted by Crippen LogP contribution is -2.40. The van der Waals surface area contributed by atoms with Gasteiger partial charge in [-0.3, -0.25) is 14.2 Å². The third-order valence-electron chi connectivity index (χ3n) is 9.32. The molecular formula is C45H35BrN4O3S. The number of anilines is 1. The molecule has 1 aliphatic rings. The molecule has 1 N–H and O–H groups in total. The second kappa shape index (κ2) is 15.1. The zero-order valence-electron chi connectivity index (χ0n) is 29.6. The lowest BCUT2D eigenvalue weighted by molar-refractivity contribution is -0.113. The molecule has 5 aromatic carbocycles. The maximum atomic E-state index is 14.8. The molecule has 8 rings (SSSR count). The molecule has 266 valence electrons. The predicted octanol–water partition coefficient (Wildman–Crippen LogP) is 9.16. The van der Waals surface area contributed by atoms with Gasteiger partial charge >= 0.3 is 0 Å². The summed E-state index contributed by atoms with van der Waals surface area (Å²) >= 11 is 4.92. The van der Waals surface area contributed by atoms with E-state index >= 15 is 0 Å². The van der Waals surface area contributed by atoms with Gasteiger partial charge in [0.1, 0.15) is 5.75 Å². The van der Waals surface area contributed by atoms with Gasteiger partial charge in [0.15, 0.2) is 4.80 Å². The van der Waals surface area contributed by atoms with Crippen molar-refractivity contribution in [1.29, 1.82) is 0 Å². The molecule has 0 aliphatic carbocycles. The lowest BCUT2D eigenvalue weighted by atomic mass is 9.95. The number of aromatic nitrogens is 2. The van der Waals surface area contributed by atoms with Crippen LogP contribution in [0.3, 0.4) is 0 Å². The normalized spacial score (nSPS) is 14.1. The molecule has 7 aromatic rings. The molecule has 2 aromatic heterocycles. The number of halogens is 1. The van der Waals surface area contributed by atoms with E-state index in [1.807, 2.05) is 123 Å². The number of carbonyl (C=O) groups excluding carboxylic acids is 1. The maximum Gasteiger partial charge on any atom is 0.271 e. The van der Waals surface area contributed by atoms with E-state index in [-0.39, 0.29) is 11.5 Å². The second-order valence-corrected chi connectivity index (χ2v) is 14.7. The average molecular weight is 792 g/mol. The number of hydrogen-bond donors (Lipinski definition) is 1. The number of para-hydroxylation sites is 1. The number of allylic oxidation sites excluding steroid dienone is 1. The minimum Gasteiger partial charge on any atom is -0.494 e. The van der Waals surface area contributed by atoms with Crippen LogP contribution in [-0.2, 0) is 4.79 Å². The van der Waals surface area contributed by atoms with Crippen LogP contribution in [0.1, 0.15) is 31.0 Å². The van der Waals surface area contributed by atoms with E-state index in [0.29, 0.717) is 38.6 Å². The number of ether oxygens (including phenoxy) is 1. The Morgan fingerprint density at radius 3 is 2.13 bits per heavy atom. The fraction of sp³-hybridized carbons (Fsp3) is 0.0889. The van der Waals surface area contributed by atoms with Crippen molar-refractivity contribution in [3.05, 3.63) is 192 Å². The Labute approximate surface area is 325 Å². The van der Waals surface area contributed by atoms with E-state index < -0.39 is 6.04 Å². The zero-order valence-corrected chi connectivity index (χ0v) is 32.0.